The Labute approximate surface area is 166 Å². The fourth-order valence-corrected chi connectivity index (χ4v) is 3.64. The molecule has 0 unspecified atom stereocenters. The molecule has 1 amide bonds. The first-order valence-corrected chi connectivity index (χ1v) is 9.09. The van der Waals surface area contributed by atoms with Crippen LogP contribution in [0.25, 0.3) is 0 Å². The quantitative estimate of drug-likeness (QED) is 0.448. The summed E-state index contributed by atoms with van der Waals surface area (Å²) in [5.74, 6) is -1.80. The number of esters is 1. The van der Waals surface area contributed by atoms with E-state index in [1.807, 2.05) is 0 Å². The predicted molar refractivity (Wildman–Crippen MR) is 98.3 cm³/mol. The smallest absolute Gasteiger partial charge is 0.411 e. The summed E-state index contributed by atoms with van der Waals surface area (Å²) in [5.41, 5.74) is -1.37. The number of aliphatic carboxylic acids is 1. The number of carbonyl (C=O) groups excluding carboxylic acids is 2. The molecule has 2 aliphatic rings. The van der Waals surface area contributed by atoms with Crippen molar-refractivity contribution in [1.82, 2.24) is 4.90 Å². The Morgan fingerprint density at radius 3 is 2.38 bits per heavy atom. The number of hydrogen-bond acceptors (Lipinski definition) is 7. The molecule has 1 aliphatic carbocycles. The summed E-state index contributed by atoms with van der Waals surface area (Å²) in [7, 11) is 0. The maximum absolute atomic E-state index is 12.5. The Morgan fingerprint density at radius 2 is 1.86 bits per heavy atom. The molecule has 1 aromatic rings. The molecule has 29 heavy (non-hydrogen) atoms. The highest BCUT2D eigenvalue weighted by atomic mass is 16.6. The number of likely N-dealkylation sites (tertiary alicyclic amines) is 1. The zero-order valence-electron chi connectivity index (χ0n) is 16.3. The van der Waals surface area contributed by atoms with Crippen molar-refractivity contribution in [3.63, 3.8) is 0 Å². The number of nitrogens with zero attached hydrogens (tertiary/aromatic N) is 2. The molecule has 3 atom stereocenters. The summed E-state index contributed by atoms with van der Waals surface area (Å²) in [6.45, 7) is 5.05. The molecule has 156 valence electrons. The second kappa shape index (κ2) is 7.02. The molecule has 0 spiro atoms. The Morgan fingerprint density at radius 1 is 1.24 bits per heavy atom. The van der Waals surface area contributed by atoms with Crippen LogP contribution < -0.4 is 0 Å². The van der Waals surface area contributed by atoms with Gasteiger partial charge in [0.05, 0.1) is 17.1 Å². The van der Waals surface area contributed by atoms with Gasteiger partial charge >= 0.3 is 18.0 Å². The van der Waals surface area contributed by atoms with E-state index in [-0.39, 0.29) is 30.3 Å². The summed E-state index contributed by atoms with van der Waals surface area (Å²) in [6.07, 6.45) is -0.0143. The summed E-state index contributed by atoms with van der Waals surface area (Å²) < 4.78 is 10.7. The van der Waals surface area contributed by atoms with Crippen molar-refractivity contribution in [1.29, 1.82) is 0 Å². The van der Waals surface area contributed by atoms with Gasteiger partial charge in [-0.2, -0.15) is 0 Å². The maximum Gasteiger partial charge on any atom is 0.411 e. The van der Waals surface area contributed by atoms with Crippen LogP contribution in [0.4, 0.5) is 10.5 Å². The van der Waals surface area contributed by atoms with Gasteiger partial charge in [-0.15, -0.1) is 0 Å². The lowest BCUT2D eigenvalue weighted by Crippen LogP contribution is -2.45. The lowest BCUT2D eigenvalue weighted by Gasteiger charge is -2.28. The predicted octanol–water partition coefficient (Wildman–Crippen LogP) is 2.60. The summed E-state index contributed by atoms with van der Waals surface area (Å²) in [5, 5.41) is 20.2. The van der Waals surface area contributed by atoms with E-state index in [0.29, 0.717) is 6.42 Å². The number of carbonyl (C=O) groups is 3. The monoisotopic (exact) mass is 406 g/mol. The number of ether oxygens (including phenoxy) is 2. The van der Waals surface area contributed by atoms with E-state index in [0.717, 1.165) is 0 Å². The number of amides is 1. The minimum atomic E-state index is -1.14. The average Bonchev–Trinajstić information content (AvgIpc) is 3.22. The number of rotatable bonds is 5. The van der Waals surface area contributed by atoms with E-state index in [1.165, 1.54) is 29.2 Å². The van der Waals surface area contributed by atoms with Crippen molar-refractivity contribution in [2.24, 2.45) is 5.41 Å². The van der Waals surface area contributed by atoms with Gasteiger partial charge in [0.2, 0.25) is 0 Å². The third kappa shape index (κ3) is 4.15. The van der Waals surface area contributed by atoms with Crippen LogP contribution in [0.1, 0.15) is 44.0 Å². The highest BCUT2D eigenvalue weighted by Crippen LogP contribution is 2.60. The lowest BCUT2D eigenvalue weighted by atomic mass is 10.0. The molecule has 0 radical (unpaired) electrons. The normalized spacial score (nSPS) is 25.1. The Hall–Kier alpha value is -3.17. The molecule has 1 aromatic carbocycles. The van der Waals surface area contributed by atoms with Gasteiger partial charge in [-0.3, -0.25) is 15.0 Å². The molecular weight excluding hydrogens is 384 g/mol. The number of non-ortho nitro benzene ring substituents is 1. The Bertz CT molecular complexity index is 860. The number of carboxylic acids is 1. The van der Waals surface area contributed by atoms with Gasteiger partial charge < -0.3 is 14.6 Å². The number of piperidine rings is 1. The van der Waals surface area contributed by atoms with Crippen LogP contribution in [0, 0.1) is 15.5 Å². The van der Waals surface area contributed by atoms with Crippen LogP contribution in [0.2, 0.25) is 0 Å². The third-order valence-corrected chi connectivity index (χ3v) is 5.11. The fourth-order valence-electron chi connectivity index (χ4n) is 3.64. The molecule has 0 aromatic heterocycles. The second-order valence-corrected chi connectivity index (χ2v) is 8.41. The largest absolute Gasteiger partial charge is 0.480 e. The van der Waals surface area contributed by atoms with Gasteiger partial charge in [-0.25, -0.2) is 14.4 Å². The maximum atomic E-state index is 12.5. The number of nitro groups is 1. The van der Waals surface area contributed by atoms with Crippen molar-refractivity contribution in [2.75, 3.05) is 6.61 Å². The van der Waals surface area contributed by atoms with Crippen LogP contribution in [0.5, 0.6) is 0 Å². The van der Waals surface area contributed by atoms with Crippen molar-refractivity contribution in [3.05, 3.63) is 39.9 Å². The third-order valence-electron chi connectivity index (χ3n) is 5.11. The molecule has 1 aliphatic heterocycles. The fraction of sp³-hybridized carbons (Fsp3) is 0.526. The minimum absolute atomic E-state index is 0.0451. The van der Waals surface area contributed by atoms with E-state index >= 15 is 0 Å². The number of benzene rings is 1. The van der Waals surface area contributed by atoms with Crippen molar-refractivity contribution < 1.29 is 33.9 Å². The average molecular weight is 406 g/mol. The molecule has 10 nitrogen and oxygen atoms in total. The minimum Gasteiger partial charge on any atom is -0.480 e. The molecule has 1 saturated heterocycles. The van der Waals surface area contributed by atoms with Gasteiger partial charge in [0.15, 0.2) is 0 Å². The summed E-state index contributed by atoms with van der Waals surface area (Å²) >= 11 is 0. The zero-order chi connectivity index (χ0) is 21.6. The first-order chi connectivity index (χ1) is 13.4. The van der Waals surface area contributed by atoms with Gasteiger partial charge in [0.1, 0.15) is 11.6 Å². The summed E-state index contributed by atoms with van der Waals surface area (Å²) in [6, 6.07) is 3.59. The standard InChI is InChI=1S/C19H22N2O8/c1-18(2,3)29-17(25)20-13(15(22)23)8-19(9-14(19)20)10-28-16(24)11-4-6-12(7-5-11)21(26)27/h4-7,13-14H,8-10H2,1-3H3,(H,22,23)/t13-,14-,19+/m0/s1. The summed E-state index contributed by atoms with van der Waals surface area (Å²) in [4.78, 5) is 47.7. The van der Waals surface area contributed by atoms with Crippen LogP contribution in [0.15, 0.2) is 24.3 Å². The highest BCUT2D eigenvalue weighted by Gasteiger charge is 2.68. The molecule has 2 fully saturated rings. The van der Waals surface area contributed by atoms with E-state index in [4.69, 9.17) is 9.47 Å². The topological polar surface area (TPSA) is 136 Å². The zero-order valence-corrected chi connectivity index (χ0v) is 16.3. The number of carboxylic acid groups (broad SMARTS) is 1. The molecule has 1 saturated carbocycles. The molecular formula is C19H22N2O8. The van der Waals surface area contributed by atoms with Crippen molar-refractivity contribution >= 4 is 23.7 Å². The van der Waals surface area contributed by atoms with Gasteiger partial charge in [-0.1, -0.05) is 0 Å². The molecule has 10 heteroatoms. The second-order valence-electron chi connectivity index (χ2n) is 8.41. The SMILES string of the molecule is CC(C)(C)OC(=O)N1[C@H]2C[C@@]2(COC(=O)c2ccc([N+](=O)[O-])cc2)C[C@H]1C(=O)O. The van der Waals surface area contributed by atoms with Gasteiger partial charge in [0, 0.05) is 23.6 Å². The van der Waals surface area contributed by atoms with Crippen LogP contribution >= 0.6 is 0 Å². The number of hydrogen-bond donors (Lipinski definition) is 1. The molecule has 3 rings (SSSR count). The van der Waals surface area contributed by atoms with Crippen molar-refractivity contribution in [2.45, 2.75) is 51.3 Å². The number of nitro benzene ring substituents is 1. The highest BCUT2D eigenvalue weighted by molar-refractivity contribution is 5.89. The number of fused-ring (bicyclic) bond motifs is 1. The van der Waals surface area contributed by atoms with Crippen LogP contribution in [0.3, 0.4) is 0 Å². The first-order valence-electron chi connectivity index (χ1n) is 9.09. The van der Waals surface area contributed by atoms with Gasteiger partial charge in [-0.05, 0) is 45.7 Å². The van der Waals surface area contributed by atoms with Crippen LogP contribution in [-0.4, -0.2) is 57.3 Å². The van der Waals surface area contributed by atoms with Crippen LogP contribution in [-0.2, 0) is 14.3 Å². The van der Waals surface area contributed by atoms with E-state index in [9.17, 15) is 29.6 Å². The Balaban J connectivity index is 1.66. The lowest BCUT2D eigenvalue weighted by molar-refractivity contribution is -0.384. The van der Waals surface area contributed by atoms with Gasteiger partial charge in [0.25, 0.3) is 5.69 Å². The molecule has 1 heterocycles. The Kier molecular flexibility index (Phi) is 4.97. The van der Waals surface area contributed by atoms with E-state index in [1.54, 1.807) is 20.8 Å². The van der Waals surface area contributed by atoms with Crippen molar-refractivity contribution in [3.8, 4) is 0 Å². The first kappa shape index (κ1) is 20.6. The van der Waals surface area contributed by atoms with E-state index in [2.05, 4.69) is 0 Å². The molecule has 0 bridgehead atoms. The van der Waals surface area contributed by atoms with E-state index < -0.39 is 40.0 Å². The molecule has 1 N–H and O–H groups in total.